The van der Waals surface area contributed by atoms with E-state index in [1.54, 1.807) is 0 Å². The van der Waals surface area contributed by atoms with E-state index in [0.717, 1.165) is 50.3 Å². The van der Waals surface area contributed by atoms with Crippen LogP contribution in [0.2, 0.25) is 0 Å². The van der Waals surface area contributed by atoms with Gasteiger partial charge in [-0.15, -0.1) is 0 Å². The van der Waals surface area contributed by atoms with Crippen LogP contribution in [0.5, 0.6) is 0 Å². The predicted octanol–water partition coefficient (Wildman–Crippen LogP) is 3.81. The summed E-state index contributed by atoms with van der Waals surface area (Å²) >= 11 is 2.36. The van der Waals surface area contributed by atoms with Crippen LogP contribution >= 0.6 is 22.6 Å². The fraction of sp³-hybridized carbons (Fsp3) is 0.692. The first-order chi connectivity index (χ1) is 8.22. The molecule has 1 N–H and O–H groups in total. The van der Waals surface area contributed by atoms with Gasteiger partial charge in [-0.2, -0.15) is 0 Å². The monoisotopic (exact) mass is 347 g/mol. The van der Waals surface area contributed by atoms with Gasteiger partial charge in [0.1, 0.15) is 11.6 Å². The highest BCUT2D eigenvalue weighted by Gasteiger charge is 2.10. The summed E-state index contributed by atoms with van der Waals surface area (Å²) in [6.45, 7) is 7.50. The summed E-state index contributed by atoms with van der Waals surface area (Å²) < 4.78 is 1.19. The van der Waals surface area contributed by atoms with Crippen molar-refractivity contribution in [2.45, 2.75) is 52.9 Å². The van der Waals surface area contributed by atoms with Gasteiger partial charge in [-0.1, -0.05) is 27.2 Å². The highest BCUT2D eigenvalue weighted by atomic mass is 127. The highest BCUT2D eigenvalue weighted by Crippen LogP contribution is 2.21. The summed E-state index contributed by atoms with van der Waals surface area (Å²) in [6, 6.07) is 0. The molecule has 0 saturated carbocycles. The Morgan fingerprint density at radius 2 is 1.71 bits per heavy atom. The van der Waals surface area contributed by atoms with Gasteiger partial charge < -0.3 is 5.32 Å². The lowest BCUT2D eigenvalue weighted by atomic mass is 10.2. The molecule has 96 valence electrons. The zero-order valence-corrected chi connectivity index (χ0v) is 13.2. The third-order valence-electron chi connectivity index (χ3n) is 2.47. The molecule has 0 atom stereocenters. The number of aryl methyl sites for hydroxylation is 2. The topological polar surface area (TPSA) is 37.8 Å². The van der Waals surface area contributed by atoms with E-state index in [9.17, 15) is 0 Å². The van der Waals surface area contributed by atoms with Gasteiger partial charge in [-0.05, 0) is 41.9 Å². The van der Waals surface area contributed by atoms with Crippen LogP contribution in [0.1, 0.15) is 51.6 Å². The third kappa shape index (κ3) is 4.41. The molecule has 1 aromatic rings. The van der Waals surface area contributed by atoms with Gasteiger partial charge in [0.2, 0.25) is 0 Å². The molecule has 0 bridgehead atoms. The summed E-state index contributed by atoms with van der Waals surface area (Å²) in [5.41, 5.74) is 1.20. The Balaban J connectivity index is 2.99. The van der Waals surface area contributed by atoms with Crippen molar-refractivity contribution >= 4 is 28.4 Å². The van der Waals surface area contributed by atoms with Gasteiger partial charge in [0.25, 0.3) is 0 Å². The van der Waals surface area contributed by atoms with Crippen LogP contribution in [0.4, 0.5) is 5.82 Å². The van der Waals surface area contributed by atoms with Crippen molar-refractivity contribution in [3.63, 3.8) is 0 Å². The Labute approximate surface area is 118 Å². The van der Waals surface area contributed by atoms with Crippen molar-refractivity contribution in [3.8, 4) is 0 Å². The first kappa shape index (κ1) is 14.7. The average molecular weight is 347 g/mol. The second kappa shape index (κ2) is 7.84. The maximum Gasteiger partial charge on any atom is 0.143 e. The van der Waals surface area contributed by atoms with E-state index in [1.807, 2.05) is 0 Å². The van der Waals surface area contributed by atoms with E-state index in [-0.39, 0.29) is 0 Å². The molecule has 0 fully saturated rings. The Morgan fingerprint density at radius 3 is 2.29 bits per heavy atom. The largest absolute Gasteiger partial charge is 0.369 e. The highest BCUT2D eigenvalue weighted by molar-refractivity contribution is 14.1. The molecule has 0 aliphatic carbocycles. The first-order valence-corrected chi connectivity index (χ1v) is 7.59. The van der Waals surface area contributed by atoms with Crippen molar-refractivity contribution in [2.24, 2.45) is 0 Å². The van der Waals surface area contributed by atoms with Crippen molar-refractivity contribution in [3.05, 3.63) is 15.1 Å². The maximum atomic E-state index is 4.66. The summed E-state index contributed by atoms with van der Waals surface area (Å²) in [5.74, 6) is 2.00. The molecule has 4 heteroatoms. The maximum absolute atomic E-state index is 4.66. The van der Waals surface area contributed by atoms with Crippen molar-refractivity contribution in [1.82, 2.24) is 9.97 Å². The van der Waals surface area contributed by atoms with Crippen LogP contribution in [0.15, 0.2) is 0 Å². The molecular formula is C13H22IN3. The number of nitrogens with zero attached hydrogens (tertiary/aromatic N) is 2. The standard InChI is InChI=1S/C13H22IN3/c1-4-7-10-12(14)13(15-9-6-3)17-11(16-10)8-5-2/h4-9H2,1-3H3,(H,15,16,17). The zero-order chi connectivity index (χ0) is 12.7. The van der Waals surface area contributed by atoms with E-state index in [4.69, 9.17) is 0 Å². The van der Waals surface area contributed by atoms with Crippen molar-refractivity contribution in [2.75, 3.05) is 11.9 Å². The van der Waals surface area contributed by atoms with E-state index in [0.29, 0.717) is 0 Å². The van der Waals surface area contributed by atoms with Crippen LogP contribution in [-0.4, -0.2) is 16.5 Å². The first-order valence-electron chi connectivity index (χ1n) is 6.52. The molecule has 0 saturated heterocycles. The molecule has 0 aliphatic heterocycles. The molecule has 1 aromatic heterocycles. The van der Waals surface area contributed by atoms with Gasteiger partial charge >= 0.3 is 0 Å². The number of aromatic nitrogens is 2. The normalized spacial score (nSPS) is 10.6. The molecule has 0 spiro atoms. The minimum atomic E-state index is 0.967. The van der Waals surface area contributed by atoms with Gasteiger partial charge in [-0.25, -0.2) is 9.97 Å². The fourth-order valence-corrected chi connectivity index (χ4v) is 2.34. The van der Waals surface area contributed by atoms with Crippen molar-refractivity contribution < 1.29 is 0 Å². The summed E-state index contributed by atoms with van der Waals surface area (Å²) in [6.07, 6.45) is 5.35. The minimum Gasteiger partial charge on any atom is -0.369 e. The summed E-state index contributed by atoms with van der Waals surface area (Å²) in [4.78, 5) is 9.27. The Hall–Kier alpha value is -0.390. The van der Waals surface area contributed by atoms with Crippen LogP contribution in [0.3, 0.4) is 0 Å². The molecule has 17 heavy (non-hydrogen) atoms. The molecule has 3 nitrogen and oxygen atoms in total. The van der Waals surface area contributed by atoms with Crippen LogP contribution in [0.25, 0.3) is 0 Å². The molecule has 0 radical (unpaired) electrons. The molecule has 0 aromatic carbocycles. The van der Waals surface area contributed by atoms with Gasteiger partial charge in [0.15, 0.2) is 0 Å². The van der Waals surface area contributed by atoms with E-state index >= 15 is 0 Å². The van der Waals surface area contributed by atoms with Crippen LogP contribution < -0.4 is 5.32 Å². The van der Waals surface area contributed by atoms with Crippen molar-refractivity contribution in [1.29, 1.82) is 0 Å². The molecule has 1 rings (SSSR count). The van der Waals surface area contributed by atoms with Gasteiger partial charge in [-0.3, -0.25) is 0 Å². The number of hydrogen-bond acceptors (Lipinski definition) is 3. The molecule has 0 aliphatic rings. The second-order valence-electron chi connectivity index (χ2n) is 4.18. The minimum absolute atomic E-state index is 0.967. The number of nitrogens with one attached hydrogen (secondary N) is 1. The number of halogens is 1. The second-order valence-corrected chi connectivity index (χ2v) is 5.25. The Kier molecular flexibility index (Phi) is 6.77. The number of hydrogen-bond donors (Lipinski definition) is 1. The average Bonchev–Trinajstić information content (AvgIpc) is 2.32. The lowest BCUT2D eigenvalue weighted by Crippen LogP contribution is -2.10. The van der Waals surface area contributed by atoms with Gasteiger partial charge in [0, 0.05) is 13.0 Å². The fourth-order valence-electron chi connectivity index (χ4n) is 1.64. The lowest BCUT2D eigenvalue weighted by molar-refractivity contribution is 0.786. The van der Waals surface area contributed by atoms with Crippen LogP contribution in [-0.2, 0) is 12.8 Å². The molecule has 1 heterocycles. The molecule has 0 unspecified atom stereocenters. The summed E-state index contributed by atoms with van der Waals surface area (Å²) in [7, 11) is 0. The van der Waals surface area contributed by atoms with Gasteiger partial charge in [0.05, 0.1) is 9.26 Å². The number of anilines is 1. The Morgan fingerprint density at radius 1 is 1.00 bits per heavy atom. The SMILES string of the molecule is CCCNc1nc(CCC)nc(CCC)c1I. The lowest BCUT2D eigenvalue weighted by Gasteiger charge is -2.12. The predicted molar refractivity (Wildman–Crippen MR) is 81.5 cm³/mol. The third-order valence-corrected chi connectivity index (χ3v) is 3.60. The summed E-state index contributed by atoms with van der Waals surface area (Å²) in [5, 5.41) is 3.40. The molecule has 0 amide bonds. The van der Waals surface area contributed by atoms with E-state index < -0.39 is 0 Å². The Bertz CT molecular complexity index is 353. The number of rotatable bonds is 7. The van der Waals surface area contributed by atoms with E-state index in [2.05, 4.69) is 58.6 Å². The zero-order valence-electron chi connectivity index (χ0n) is 11.0. The smallest absolute Gasteiger partial charge is 0.143 e. The van der Waals surface area contributed by atoms with Crippen LogP contribution in [0, 0.1) is 3.57 Å². The quantitative estimate of drug-likeness (QED) is 0.763. The van der Waals surface area contributed by atoms with E-state index in [1.165, 1.54) is 9.26 Å². The molecular weight excluding hydrogens is 325 g/mol.